The molecule has 0 aliphatic rings. The highest BCUT2D eigenvalue weighted by Gasteiger charge is 2.14. The molecule has 2 heterocycles. The van der Waals surface area contributed by atoms with Crippen LogP contribution in [-0.4, -0.2) is 35.1 Å². The fourth-order valence-electron chi connectivity index (χ4n) is 2.29. The molecule has 1 unspecified atom stereocenters. The molecule has 110 valence electrons. The van der Waals surface area contributed by atoms with Crippen molar-refractivity contribution in [2.24, 2.45) is 0 Å². The number of likely N-dealkylation sites (N-methyl/N-ethyl adjacent to an activating group) is 1. The Morgan fingerprint density at radius 2 is 2.30 bits per heavy atom. The van der Waals surface area contributed by atoms with Crippen molar-refractivity contribution in [1.82, 2.24) is 19.8 Å². The van der Waals surface area contributed by atoms with Gasteiger partial charge in [-0.05, 0) is 32.0 Å². The number of hydrogen-bond acceptors (Lipinski definition) is 4. The molecule has 0 aliphatic heterocycles. The van der Waals surface area contributed by atoms with Crippen molar-refractivity contribution in [2.75, 3.05) is 20.6 Å². The molecule has 1 N–H and O–H groups in total. The van der Waals surface area contributed by atoms with Crippen molar-refractivity contribution >= 4 is 11.3 Å². The Hall–Kier alpha value is -1.17. The maximum Gasteiger partial charge on any atom is 0.0948 e. The van der Waals surface area contributed by atoms with Gasteiger partial charge in [-0.25, -0.2) is 4.98 Å². The highest BCUT2D eigenvalue weighted by molar-refractivity contribution is 7.10. The number of nitrogens with zero attached hydrogens (tertiary/aromatic N) is 3. The zero-order valence-corrected chi connectivity index (χ0v) is 13.4. The highest BCUT2D eigenvalue weighted by atomic mass is 32.1. The Morgan fingerprint density at radius 1 is 1.45 bits per heavy atom. The first-order valence-corrected chi connectivity index (χ1v) is 8.00. The number of aryl methyl sites for hydroxylation is 1. The maximum absolute atomic E-state index is 4.24. The first kappa shape index (κ1) is 15.2. The van der Waals surface area contributed by atoms with Crippen molar-refractivity contribution < 1.29 is 0 Å². The van der Waals surface area contributed by atoms with E-state index in [1.165, 1.54) is 10.6 Å². The number of aromatic nitrogens is 2. The minimum Gasteiger partial charge on any atom is -0.333 e. The summed E-state index contributed by atoms with van der Waals surface area (Å²) in [7, 11) is 4.26. The van der Waals surface area contributed by atoms with Crippen LogP contribution in [0.2, 0.25) is 0 Å². The molecular weight excluding hydrogens is 268 g/mol. The van der Waals surface area contributed by atoms with Crippen LogP contribution in [0.1, 0.15) is 30.0 Å². The van der Waals surface area contributed by atoms with Gasteiger partial charge in [0.05, 0.1) is 18.1 Å². The van der Waals surface area contributed by atoms with Gasteiger partial charge >= 0.3 is 0 Å². The lowest BCUT2D eigenvalue weighted by Crippen LogP contribution is -2.30. The third-order valence-corrected chi connectivity index (χ3v) is 4.38. The molecule has 2 rings (SSSR count). The SMILES string of the molecule is CCCn1cncc1CNCC(c1cccs1)N(C)C. The number of rotatable bonds is 8. The monoisotopic (exact) mass is 292 g/mol. The van der Waals surface area contributed by atoms with Gasteiger partial charge in [0.2, 0.25) is 0 Å². The fraction of sp³-hybridized carbons (Fsp3) is 0.533. The molecule has 0 fully saturated rings. The van der Waals surface area contributed by atoms with E-state index in [1.54, 1.807) is 0 Å². The number of imidazole rings is 1. The molecule has 0 spiro atoms. The van der Waals surface area contributed by atoms with Crippen molar-refractivity contribution in [3.05, 3.63) is 40.6 Å². The van der Waals surface area contributed by atoms with Crippen molar-refractivity contribution in [2.45, 2.75) is 32.5 Å². The number of hydrogen-bond donors (Lipinski definition) is 1. The van der Waals surface area contributed by atoms with E-state index in [4.69, 9.17) is 0 Å². The summed E-state index contributed by atoms with van der Waals surface area (Å²) in [5.41, 5.74) is 1.26. The van der Waals surface area contributed by atoms with Gasteiger partial charge in [-0.15, -0.1) is 11.3 Å². The van der Waals surface area contributed by atoms with E-state index in [1.807, 2.05) is 23.9 Å². The molecule has 0 radical (unpaired) electrons. The molecule has 2 aromatic heterocycles. The summed E-state index contributed by atoms with van der Waals surface area (Å²) >= 11 is 1.82. The normalized spacial score (nSPS) is 13.0. The highest BCUT2D eigenvalue weighted by Crippen LogP contribution is 2.22. The molecule has 0 bridgehead atoms. The zero-order valence-electron chi connectivity index (χ0n) is 12.5. The molecule has 0 saturated heterocycles. The number of thiophene rings is 1. The van der Waals surface area contributed by atoms with Crippen LogP contribution >= 0.6 is 11.3 Å². The summed E-state index contributed by atoms with van der Waals surface area (Å²) < 4.78 is 2.23. The van der Waals surface area contributed by atoms with Gasteiger partial charge < -0.3 is 14.8 Å². The molecule has 5 heteroatoms. The lowest BCUT2D eigenvalue weighted by Gasteiger charge is -2.23. The quantitative estimate of drug-likeness (QED) is 0.812. The lowest BCUT2D eigenvalue weighted by atomic mass is 10.2. The molecule has 2 aromatic rings. The van der Waals surface area contributed by atoms with E-state index < -0.39 is 0 Å². The molecular formula is C15H24N4S. The molecule has 0 aliphatic carbocycles. The second-order valence-corrected chi connectivity index (χ2v) is 6.18. The Labute approximate surface area is 125 Å². The van der Waals surface area contributed by atoms with Crippen LogP contribution in [-0.2, 0) is 13.1 Å². The van der Waals surface area contributed by atoms with E-state index >= 15 is 0 Å². The van der Waals surface area contributed by atoms with Crippen molar-refractivity contribution in [1.29, 1.82) is 0 Å². The van der Waals surface area contributed by atoms with Crippen LogP contribution in [0.5, 0.6) is 0 Å². The van der Waals surface area contributed by atoms with Gasteiger partial charge in [0.25, 0.3) is 0 Å². The van der Waals surface area contributed by atoms with E-state index in [0.717, 1.165) is 26.1 Å². The average molecular weight is 292 g/mol. The van der Waals surface area contributed by atoms with Crippen LogP contribution in [0.15, 0.2) is 30.0 Å². The molecule has 1 atom stereocenters. The minimum atomic E-state index is 0.428. The summed E-state index contributed by atoms with van der Waals surface area (Å²) in [4.78, 5) is 7.91. The Kier molecular flexibility index (Phi) is 5.76. The van der Waals surface area contributed by atoms with Gasteiger partial charge in [-0.1, -0.05) is 13.0 Å². The summed E-state index contributed by atoms with van der Waals surface area (Å²) in [5, 5.41) is 5.70. The van der Waals surface area contributed by atoms with Crippen LogP contribution in [0.25, 0.3) is 0 Å². The van der Waals surface area contributed by atoms with Gasteiger partial charge in [-0.2, -0.15) is 0 Å². The topological polar surface area (TPSA) is 33.1 Å². The van der Waals surface area contributed by atoms with E-state index in [2.05, 4.69) is 58.3 Å². The van der Waals surface area contributed by atoms with Gasteiger partial charge in [-0.3, -0.25) is 0 Å². The predicted molar refractivity (Wildman–Crippen MR) is 85.0 cm³/mol. The van der Waals surface area contributed by atoms with Gasteiger partial charge in [0.15, 0.2) is 0 Å². The third-order valence-electron chi connectivity index (χ3n) is 3.40. The standard InChI is InChI=1S/C15H24N4S/c1-4-7-19-12-17-10-13(19)9-16-11-14(18(2)3)15-6-5-8-20-15/h5-6,8,10,12,14,16H,4,7,9,11H2,1-3H3. The largest absolute Gasteiger partial charge is 0.333 e. The summed E-state index contributed by atoms with van der Waals surface area (Å²) in [5.74, 6) is 0. The van der Waals surface area contributed by atoms with Crippen LogP contribution < -0.4 is 5.32 Å². The molecule has 0 saturated carbocycles. The zero-order chi connectivity index (χ0) is 14.4. The third kappa shape index (κ3) is 3.91. The minimum absolute atomic E-state index is 0.428. The van der Waals surface area contributed by atoms with E-state index in [0.29, 0.717) is 6.04 Å². The molecule has 20 heavy (non-hydrogen) atoms. The summed E-state index contributed by atoms with van der Waals surface area (Å²) in [6.07, 6.45) is 5.01. The van der Waals surface area contributed by atoms with Crippen LogP contribution in [0.3, 0.4) is 0 Å². The first-order valence-electron chi connectivity index (χ1n) is 7.12. The van der Waals surface area contributed by atoms with Gasteiger partial charge in [0.1, 0.15) is 0 Å². The molecule has 0 aromatic carbocycles. The Morgan fingerprint density at radius 3 is 2.95 bits per heavy atom. The Balaban J connectivity index is 1.89. The summed E-state index contributed by atoms with van der Waals surface area (Å²) in [6.45, 7) is 5.05. The maximum atomic E-state index is 4.24. The van der Waals surface area contributed by atoms with Crippen molar-refractivity contribution in [3.8, 4) is 0 Å². The van der Waals surface area contributed by atoms with E-state index in [-0.39, 0.29) is 0 Å². The average Bonchev–Trinajstić information content (AvgIpc) is 3.06. The van der Waals surface area contributed by atoms with Crippen LogP contribution in [0.4, 0.5) is 0 Å². The second-order valence-electron chi connectivity index (χ2n) is 5.20. The first-order chi connectivity index (χ1) is 9.72. The Bertz CT molecular complexity index is 490. The second kappa shape index (κ2) is 7.57. The predicted octanol–water partition coefficient (Wildman–Crippen LogP) is 2.75. The number of nitrogens with one attached hydrogen (secondary N) is 1. The van der Waals surface area contributed by atoms with Gasteiger partial charge in [0, 0.05) is 30.7 Å². The lowest BCUT2D eigenvalue weighted by molar-refractivity contribution is 0.291. The molecule has 4 nitrogen and oxygen atoms in total. The smallest absolute Gasteiger partial charge is 0.0948 e. The fourth-order valence-corrected chi connectivity index (χ4v) is 3.22. The summed E-state index contributed by atoms with van der Waals surface area (Å²) in [6, 6.07) is 4.75. The van der Waals surface area contributed by atoms with E-state index in [9.17, 15) is 0 Å². The molecule has 0 amide bonds. The van der Waals surface area contributed by atoms with Crippen LogP contribution in [0, 0.1) is 0 Å². The van der Waals surface area contributed by atoms with Crippen molar-refractivity contribution in [3.63, 3.8) is 0 Å².